The molecular formula is C15H9N3O9. The van der Waals surface area contributed by atoms with E-state index in [-0.39, 0.29) is 11.3 Å². The first-order valence-electron chi connectivity index (χ1n) is 7.07. The van der Waals surface area contributed by atoms with Gasteiger partial charge in [0, 0.05) is 29.8 Å². The van der Waals surface area contributed by atoms with E-state index in [0.29, 0.717) is 6.07 Å². The molecule has 0 aliphatic carbocycles. The molecule has 12 heteroatoms. The van der Waals surface area contributed by atoms with E-state index in [9.17, 15) is 39.9 Å². The average Bonchev–Trinajstić information content (AvgIpc) is 2.65. The summed E-state index contributed by atoms with van der Waals surface area (Å²) < 4.78 is 4.71. The van der Waals surface area contributed by atoms with Crippen molar-refractivity contribution in [1.82, 2.24) is 0 Å². The molecule has 0 N–H and O–H groups in total. The lowest BCUT2D eigenvalue weighted by Gasteiger charge is -2.05. The van der Waals surface area contributed by atoms with Crippen molar-refractivity contribution >= 4 is 28.8 Å². The Morgan fingerprint density at radius 3 is 1.81 bits per heavy atom. The number of benzene rings is 2. The molecule has 2 aromatic carbocycles. The number of carbonyl (C=O) groups excluding carboxylic acids is 2. The molecule has 0 radical (unpaired) electrons. The summed E-state index contributed by atoms with van der Waals surface area (Å²) in [5.41, 5.74) is -2.28. The highest BCUT2D eigenvalue weighted by Gasteiger charge is 2.21. The minimum Gasteiger partial charge on any atom is -0.454 e. The van der Waals surface area contributed by atoms with Gasteiger partial charge in [0.05, 0.1) is 26.4 Å². The van der Waals surface area contributed by atoms with E-state index in [2.05, 4.69) is 0 Å². The van der Waals surface area contributed by atoms with Gasteiger partial charge in [0.25, 0.3) is 17.1 Å². The molecule has 0 amide bonds. The molecule has 0 aromatic heterocycles. The predicted molar refractivity (Wildman–Crippen MR) is 87.5 cm³/mol. The molecule has 0 aliphatic heterocycles. The lowest BCUT2D eigenvalue weighted by molar-refractivity contribution is -0.394. The normalized spacial score (nSPS) is 10.1. The monoisotopic (exact) mass is 375 g/mol. The summed E-state index contributed by atoms with van der Waals surface area (Å²) in [6, 6.07) is 6.93. The highest BCUT2D eigenvalue weighted by atomic mass is 16.6. The van der Waals surface area contributed by atoms with Crippen LogP contribution in [0.3, 0.4) is 0 Å². The summed E-state index contributed by atoms with van der Waals surface area (Å²) in [5, 5.41) is 32.3. The van der Waals surface area contributed by atoms with Crippen LogP contribution >= 0.6 is 0 Å². The summed E-state index contributed by atoms with van der Waals surface area (Å²) in [6.45, 7) is -0.809. The van der Waals surface area contributed by atoms with E-state index < -0.39 is 50.1 Å². The zero-order valence-corrected chi connectivity index (χ0v) is 13.3. The molecule has 0 bridgehead atoms. The molecule has 27 heavy (non-hydrogen) atoms. The fraction of sp³-hybridized carbons (Fsp3) is 0.0667. The number of nitrogens with zero attached hydrogens (tertiary/aromatic N) is 3. The van der Waals surface area contributed by atoms with Gasteiger partial charge >= 0.3 is 5.97 Å². The molecule has 0 aliphatic rings. The largest absolute Gasteiger partial charge is 0.454 e. The maximum atomic E-state index is 12.0. The summed E-state index contributed by atoms with van der Waals surface area (Å²) in [7, 11) is 0. The van der Waals surface area contributed by atoms with Crippen molar-refractivity contribution in [1.29, 1.82) is 0 Å². The number of esters is 1. The number of ketones is 1. The minimum absolute atomic E-state index is 0.0815. The van der Waals surface area contributed by atoms with E-state index in [4.69, 9.17) is 4.74 Å². The Kier molecular flexibility index (Phi) is 5.50. The number of rotatable bonds is 7. The third-order valence-corrected chi connectivity index (χ3v) is 3.27. The maximum Gasteiger partial charge on any atom is 0.339 e. The second kappa shape index (κ2) is 7.77. The number of carbonyl (C=O) groups is 2. The third kappa shape index (κ3) is 4.66. The minimum atomic E-state index is -1.19. The van der Waals surface area contributed by atoms with Crippen LogP contribution < -0.4 is 0 Å². The second-order valence-corrected chi connectivity index (χ2v) is 5.06. The van der Waals surface area contributed by atoms with Gasteiger partial charge in [0.1, 0.15) is 0 Å². The molecular weight excluding hydrogens is 366 g/mol. The Bertz CT molecular complexity index is 939. The standard InChI is InChI=1S/C15H9N3O9/c19-14(9-2-1-3-11(4-9)16(21)22)8-27-15(20)10-5-12(17(23)24)7-13(6-10)18(25)26/h1-7H,8H2. The molecule has 2 aromatic rings. The van der Waals surface area contributed by atoms with Crippen molar-refractivity contribution in [3.63, 3.8) is 0 Å². The van der Waals surface area contributed by atoms with Crippen molar-refractivity contribution in [3.8, 4) is 0 Å². The highest BCUT2D eigenvalue weighted by molar-refractivity contribution is 6.00. The average molecular weight is 375 g/mol. The fourth-order valence-corrected chi connectivity index (χ4v) is 2.01. The SMILES string of the molecule is O=C(COC(=O)c1cc([N+](=O)[O-])cc([N+](=O)[O-])c1)c1cccc([N+](=O)[O-])c1. The van der Waals surface area contributed by atoms with Gasteiger partial charge in [-0.2, -0.15) is 0 Å². The molecule has 0 fully saturated rings. The van der Waals surface area contributed by atoms with Gasteiger partial charge in [-0.1, -0.05) is 12.1 Å². The lowest BCUT2D eigenvalue weighted by atomic mass is 10.1. The van der Waals surface area contributed by atoms with Crippen LogP contribution in [0.4, 0.5) is 17.1 Å². The molecule has 0 spiro atoms. The van der Waals surface area contributed by atoms with Gasteiger partial charge < -0.3 is 4.74 Å². The number of nitro groups is 3. The van der Waals surface area contributed by atoms with Crippen LogP contribution in [0.25, 0.3) is 0 Å². The molecule has 0 saturated heterocycles. The highest BCUT2D eigenvalue weighted by Crippen LogP contribution is 2.23. The maximum absolute atomic E-state index is 12.0. The number of Topliss-reactive ketones (excluding diaryl/α,β-unsaturated/α-hetero) is 1. The lowest BCUT2D eigenvalue weighted by Crippen LogP contribution is -2.14. The van der Waals surface area contributed by atoms with Crippen LogP contribution in [0, 0.1) is 30.3 Å². The number of ether oxygens (including phenoxy) is 1. The number of hydrogen-bond donors (Lipinski definition) is 0. The van der Waals surface area contributed by atoms with Crippen molar-refractivity contribution in [2.24, 2.45) is 0 Å². The quantitative estimate of drug-likeness (QED) is 0.305. The van der Waals surface area contributed by atoms with Gasteiger partial charge in [-0.25, -0.2) is 4.79 Å². The topological polar surface area (TPSA) is 173 Å². The molecule has 138 valence electrons. The van der Waals surface area contributed by atoms with E-state index >= 15 is 0 Å². The van der Waals surface area contributed by atoms with E-state index in [1.165, 1.54) is 18.2 Å². The number of nitro benzene ring substituents is 3. The zero-order chi connectivity index (χ0) is 20.1. The molecule has 0 unspecified atom stereocenters. The van der Waals surface area contributed by atoms with Gasteiger partial charge in [-0.3, -0.25) is 35.1 Å². The fourth-order valence-electron chi connectivity index (χ4n) is 2.01. The first-order valence-corrected chi connectivity index (χ1v) is 7.07. The molecule has 12 nitrogen and oxygen atoms in total. The summed E-state index contributed by atoms with van der Waals surface area (Å²) in [5.74, 6) is -1.95. The van der Waals surface area contributed by atoms with Crippen LogP contribution in [0.1, 0.15) is 20.7 Å². The smallest absolute Gasteiger partial charge is 0.339 e. The third-order valence-electron chi connectivity index (χ3n) is 3.27. The van der Waals surface area contributed by atoms with Crippen LogP contribution in [-0.2, 0) is 4.74 Å². The zero-order valence-electron chi connectivity index (χ0n) is 13.3. The number of non-ortho nitro benzene ring substituents is 3. The Morgan fingerprint density at radius 1 is 0.778 bits per heavy atom. The summed E-state index contributed by atoms with van der Waals surface area (Å²) in [4.78, 5) is 53.7. The van der Waals surface area contributed by atoms with Crippen molar-refractivity contribution in [3.05, 3.63) is 83.9 Å². The molecule has 2 rings (SSSR count). The second-order valence-electron chi connectivity index (χ2n) is 5.06. The van der Waals surface area contributed by atoms with Crippen molar-refractivity contribution in [2.75, 3.05) is 6.61 Å². The number of hydrogen-bond acceptors (Lipinski definition) is 9. The van der Waals surface area contributed by atoms with E-state index in [0.717, 1.165) is 18.2 Å². The molecule has 0 heterocycles. The van der Waals surface area contributed by atoms with Crippen LogP contribution in [-0.4, -0.2) is 33.1 Å². The van der Waals surface area contributed by atoms with Crippen molar-refractivity contribution < 1.29 is 29.1 Å². The van der Waals surface area contributed by atoms with E-state index in [1.807, 2.05) is 0 Å². The van der Waals surface area contributed by atoms with Gasteiger partial charge in [-0.15, -0.1) is 0 Å². The Morgan fingerprint density at radius 2 is 1.30 bits per heavy atom. The molecule has 0 saturated carbocycles. The summed E-state index contributed by atoms with van der Waals surface area (Å²) in [6.07, 6.45) is 0. The van der Waals surface area contributed by atoms with E-state index in [1.54, 1.807) is 0 Å². The Balaban J connectivity index is 2.17. The Labute approximate surface area is 149 Å². The summed E-state index contributed by atoms with van der Waals surface area (Å²) >= 11 is 0. The Hall–Kier alpha value is -4.22. The van der Waals surface area contributed by atoms with Gasteiger partial charge in [0.15, 0.2) is 6.61 Å². The predicted octanol–water partition coefficient (Wildman–Crippen LogP) is 2.45. The van der Waals surface area contributed by atoms with Crippen molar-refractivity contribution in [2.45, 2.75) is 0 Å². The first-order chi connectivity index (χ1) is 12.7. The molecule has 0 atom stereocenters. The van der Waals surface area contributed by atoms with Gasteiger partial charge in [-0.05, 0) is 0 Å². The van der Waals surface area contributed by atoms with Crippen LogP contribution in [0.2, 0.25) is 0 Å². The van der Waals surface area contributed by atoms with Crippen LogP contribution in [0.15, 0.2) is 42.5 Å². The first kappa shape index (κ1) is 19.1. The van der Waals surface area contributed by atoms with Crippen LogP contribution in [0.5, 0.6) is 0 Å². The van der Waals surface area contributed by atoms with Gasteiger partial charge in [0.2, 0.25) is 5.78 Å².